The van der Waals surface area contributed by atoms with E-state index in [2.05, 4.69) is 11.9 Å². The fourth-order valence-corrected chi connectivity index (χ4v) is 2.53. The molecular formula is C14H19NO2. The average molecular weight is 233 g/mol. The van der Waals surface area contributed by atoms with Crippen molar-refractivity contribution in [3.63, 3.8) is 0 Å². The fourth-order valence-electron chi connectivity index (χ4n) is 2.53. The molecule has 1 N–H and O–H groups in total. The van der Waals surface area contributed by atoms with E-state index in [0.29, 0.717) is 6.04 Å². The number of aliphatic carboxylic acids is 1. The molecule has 0 spiro atoms. The summed E-state index contributed by atoms with van der Waals surface area (Å²) in [5, 5.41) is 8.71. The largest absolute Gasteiger partial charge is 0.481 e. The van der Waals surface area contributed by atoms with Crippen molar-refractivity contribution in [1.29, 1.82) is 0 Å². The van der Waals surface area contributed by atoms with Crippen LogP contribution in [0.15, 0.2) is 24.3 Å². The van der Waals surface area contributed by atoms with Gasteiger partial charge in [-0.05, 0) is 30.5 Å². The van der Waals surface area contributed by atoms with Crippen LogP contribution in [0.3, 0.4) is 0 Å². The zero-order valence-corrected chi connectivity index (χ0v) is 10.2. The summed E-state index contributed by atoms with van der Waals surface area (Å²) in [6.45, 7) is 0. The van der Waals surface area contributed by atoms with Gasteiger partial charge >= 0.3 is 5.97 Å². The minimum atomic E-state index is -0.776. The Morgan fingerprint density at radius 3 is 2.41 bits per heavy atom. The molecule has 2 rings (SSSR count). The molecule has 1 aliphatic carbocycles. The first-order chi connectivity index (χ1) is 8.16. The molecule has 1 aliphatic rings. The van der Waals surface area contributed by atoms with Crippen molar-refractivity contribution in [3.05, 3.63) is 29.8 Å². The minimum absolute atomic E-state index is 0.105. The Balaban J connectivity index is 2.03. The summed E-state index contributed by atoms with van der Waals surface area (Å²) in [6.07, 6.45) is 5.30. The lowest BCUT2D eigenvalue weighted by atomic mass is 10.1. The topological polar surface area (TPSA) is 40.5 Å². The van der Waals surface area contributed by atoms with Gasteiger partial charge in [-0.3, -0.25) is 4.79 Å². The molecule has 92 valence electrons. The van der Waals surface area contributed by atoms with Crippen LogP contribution in [0.2, 0.25) is 0 Å². The van der Waals surface area contributed by atoms with Crippen molar-refractivity contribution in [3.8, 4) is 0 Å². The van der Waals surface area contributed by atoms with Crippen LogP contribution >= 0.6 is 0 Å². The summed E-state index contributed by atoms with van der Waals surface area (Å²) in [4.78, 5) is 12.9. The molecule has 0 atom stereocenters. The molecule has 0 bridgehead atoms. The third kappa shape index (κ3) is 2.99. The molecule has 1 aromatic carbocycles. The van der Waals surface area contributed by atoms with Gasteiger partial charge in [0.05, 0.1) is 6.42 Å². The summed E-state index contributed by atoms with van der Waals surface area (Å²) in [6, 6.07) is 8.53. The molecular weight excluding hydrogens is 214 g/mol. The van der Waals surface area contributed by atoms with Gasteiger partial charge in [0.25, 0.3) is 0 Å². The van der Waals surface area contributed by atoms with Gasteiger partial charge < -0.3 is 10.0 Å². The van der Waals surface area contributed by atoms with Crippen molar-refractivity contribution < 1.29 is 9.90 Å². The van der Waals surface area contributed by atoms with E-state index in [1.807, 2.05) is 24.3 Å². The van der Waals surface area contributed by atoms with Crippen LogP contribution in [-0.2, 0) is 11.2 Å². The first kappa shape index (κ1) is 12.0. The highest BCUT2D eigenvalue weighted by Crippen LogP contribution is 2.26. The third-order valence-corrected chi connectivity index (χ3v) is 3.57. The predicted molar refractivity (Wildman–Crippen MR) is 68.4 cm³/mol. The number of anilines is 1. The quantitative estimate of drug-likeness (QED) is 0.869. The molecule has 0 heterocycles. The molecule has 0 saturated heterocycles. The lowest BCUT2D eigenvalue weighted by molar-refractivity contribution is -0.136. The van der Waals surface area contributed by atoms with Crippen molar-refractivity contribution in [1.82, 2.24) is 0 Å². The van der Waals surface area contributed by atoms with Crippen LogP contribution in [0.5, 0.6) is 0 Å². The highest BCUT2D eigenvalue weighted by Gasteiger charge is 2.19. The Morgan fingerprint density at radius 1 is 1.29 bits per heavy atom. The van der Waals surface area contributed by atoms with Crippen LogP contribution < -0.4 is 4.90 Å². The van der Waals surface area contributed by atoms with E-state index in [9.17, 15) is 4.79 Å². The number of nitrogens with zero attached hydrogens (tertiary/aromatic N) is 1. The molecule has 0 radical (unpaired) electrons. The van der Waals surface area contributed by atoms with Crippen molar-refractivity contribution in [2.24, 2.45) is 0 Å². The maximum absolute atomic E-state index is 10.6. The number of benzene rings is 1. The van der Waals surface area contributed by atoms with Crippen LogP contribution in [0.4, 0.5) is 5.69 Å². The van der Waals surface area contributed by atoms with Gasteiger partial charge in [-0.15, -0.1) is 0 Å². The Morgan fingerprint density at radius 2 is 1.88 bits per heavy atom. The van der Waals surface area contributed by atoms with E-state index in [-0.39, 0.29) is 6.42 Å². The highest BCUT2D eigenvalue weighted by molar-refractivity contribution is 5.70. The zero-order valence-electron chi connectivity index (χ0n) is 10.2. The van der Waals surface area contributed by atoms with Crippen molar-refractivity contribution in [2.45, 2.75) is 38.1 Å². The van der Waals surface area contributed by atoms with Gasteiger partial charge in [0.15, 0.2) is 0 Å². The number of rotatable bonds is 4. The maximum atomic E-state index is 10.6. The monoisotopic (exact) mass is 233 g/mol. The Labute approximate surface area is 102 Å². The van der Waals surface area contributed by atoms with Crippen molar-refractivity contribution in [2.75, 3.05) is 11.9 Å². The molecule has 1 saturated carbocycles. The maximum Gasteiger partial charge on any atom is 0.307 e. The molecule has 0 aliphatic heterocycles. The summed E-state index contributed by atoms with van der Waals surface area (Å²) in [5.74, 6) is -0.776. The van der Waals surface area contributed by atoms with Crippen LogP contribution in [-0.4, -0.2) is 24.2 Å². The minimum Gasteiger partial charge on any atom is -0.481 e. The fraction of sp³-hybridized carbons (Fsp3) is 0.500. The summed E-state index contributed by atoms with van der Waals surface area (Å²) in [5.41, 5.74) is 2.05. The van der Waals surface area contributed by atoms with Crippen LogP contribution in [0.1, 0.15) is 31.2 Å². The Kier molecular flexibility index (Phi) is 3.67. The van der Waals surface area contributed by atoms with Gasteiger partial charge in [-0.25, -0.2) is 0 Å². The normalized spacial score (nSPS) is 16.1. The molecule has 3 nitrogen and oxygen atoms in total. The lowest BCUT2D eigenvalue weighted by Gasteiger charge is -2.26. The van der Waals surface area contributed by atoms with Gasteiger partial charge in [-0.1, -0.05) is 25.0 Å². The van der Waals surface area contributed by atoms with E-state index in [0.717, 1.165) is 5.56 Å². The SMILES string of the molecule is CN(c1ccc(CC(=O)O)cc1)C1CCCC1. The van der Waals surface area contributed by atoms with E-state index in [1.165, 1.54) is 31.4 Å². The molecule has 0 unspecified atom stereocenters. The number of carboxylic acids is 1. The first-order valence-electron chi connectivity index (χ1n) is 6.20. The van der Waals surface area contributed by atoms with Gasteiger partial charge in [0.1, 0.15) is 0 Å². The second-order valence-electron chi connectivity index (χ2n) is 4.79. The Hall–Kier alpha value is -1.51. The van der Waals surface area contributed by atoms with E-state index in [1.54, 1.807) is 0 Å². The lowest BCUT2D eigenvalue weighted by Crippen LogP contribution is -2.28. The number of hydrogen-bond acceptors (Lipinski definition) is 2. The van der Waals surface area contributed by atoms with Crippen LogP contribution in [0, 0.1) is 0 Å². The molecule has 3 heteroatoms. The van der Waals surface area contributed by atoms with Gasteiger partial charge in [0, 0.05) is 18.8 Å². The zero-order chi connectivity index (χ0) is 12.3. The molecule has 17 heavy (non-hydrogen) atoms. The van der Waals surface area contributed by atoms with E-state index >= 15 is 0 Å². The summed E-state index contributed by atoms with van der Waals surface area (Å²) in [7, 11) is 2.13. The smallest absolute Gasteiger partial charge is 0.307 e. The highest BCUT2D eigenvalue weighted by atomic mass is 16.4. The van der Waals surface area contributed by atoms with Crippen LogP contribution in [0.25, 0.3) is 0 Å². The number of carboxylic acid groups (broad SMARTS) is 1. The molecule has 0 amide bonds. The summed E-state index contributed by atoms with van der Waals surface area (Å²) < 4.78 is 0. The second-order valence-corrected chi connectivity index (χ2v) is 4.79. The molecule has 1 aromatic rings. The molecule has 0 aromatic heterocycles. The van der Waals surface area contributed by atoms with Gasteiger partial charge in [0.2, 0.25) is 0 Å². The first-order valence-corrected chi connectivity index (χ1v) is 6.20. The second kappa shape index (κ2) is 5.21. The van der Waals surface area contributed by atoms with E-state index in [4.69, 9.17) is 5.11 Å². The molecule has 1 fully saturated rings. The van der Waals surface area contributed by atoms with Gasteiger partial charge in [-0.2, -0.15) is 0 Å². The number of carbonyl (C=O) groups is 1. The standard InChI is InChI=1S/C14H19NO2/c1-15(12-4-2-3-5-12)13-8-6-11(7-9-13)10-14(16)17/h6-9,12H,2-5,10H2,1H3,(H,16,17). The van der Waals surface area contributed by atoms with E-state index < -0.39 is 5.97 Å². The average Bonchev–Trinajstić information content (AvgIpc) is 2.82. The Bertz CT molecular complexity index is 380. The third-order valence-electron chi connectivity index (χ3n) is 3.57. The van der Waals surface area contributed by atoms with Crippen molar-refractivity contribution >= 4 is 11.7 Å². The summed E-state index contributed by atoms with van der Waals surface area (Å²) >= 11 is 0. The predicted octanol–water partition coefficient (Wildman–Crippen LogP) is 2.69. The number of hydrogen-bond donors (Lipinski definition) is 1.